The zero-order valence-electron chi connectivity index (χ0n) is 18.9. The Bertz CT molecular complexity index is 743. The molecule has 2 heterocycles. The van der Waals surface area contributed by atoms with Crippen molar-refractivity contribution >= 4 is 24.4 Å². The summed E-state index contributed by atoms with van der Waals surface area (Å²) in [5.41, 5.74) is 1.04. The molecule has 29 heavy (non-hydrogen) atoms. The molecule has 7 heteroatoms. The average Bonchev–Trinajstić information content (AvgIpc) is 3.14. The third-order valence-corrected chi connectivity index (χ3v) is 6.53. The molecule has 0 unspecified atom stereocenters. The van der Waals surface area contributed by atoms with Gasteiger partial charge in [0.1, 0.15) is 0 Å². The second kappa shape index (κ2) is 7.51. The molecular weight excluding hydrogens is 367 g/mol. The van der Waals surface area contributed by atoms with E-state index in [1.807, 2.05) is 32.9 Å². The van der Waals surface area contributed by atoms with Crippen LogP contribution >= 0.6 is 0 Å². The van der Waals surface area contributed by atoms with Crippen LogP contribution in [0.2, 0.25) is 0 Å². The molecule has 1 amide bonds. The largest absolute Gasteiger partial charge is 0.494 e. The van der Waals surface area contributed by atoms with Crippen LogP contribution in [0.25, 0.3) is 0 Å². The maximum atomic E-state index is 11.7. The number of hydrogen-bond donors (Lipinski definition) is 1. The topological polar surface area (TPSA) is 62.2 Å². The van der Waals surface area contributed by atoms with E-state index in [9.17, 15) is 9.90 Å². The first kappa shape index (κ1) is 22.0. The van der Waals surface area contributed by atoms with Crippen molar-refractivity contribution in [3.63, 3.8) is 0 Å². The summed E-state index contributed by atoms with van der Waals surface area (Å²) in [6.45, 7) is 16.4. The molecule has 2 fully saturated rings. The van der Waals surface area contributed by atoms with E-state index >= 15 is 0 Å². The van der Waals surface area contributed by atoms with Crippen molar-refractivity contribution in [2.75, 3.05) is 24.5 Å². The van der Waals surface area contributed by atoms with Crippen LogP contribution in [-0.4, -0.2) is 59.6 Å². The van der Waals surface area contributed by atoms with E-state index in [0.717, 1.165) is 30.7 Å². The van der Waals surface area contributed by atoms with E-state index in [1.54, 1.807) is 4.90 Å². The molecule has 3 rings (SSSR count). The van der Waals surface area contributed by atoms with Crippen molar-refractivity contribution in [1.82, 2.24) is 4.90 Å². The SMILES string of the molecule is CC(C)(C)N(C[C@@H]1CCN(c2cccc(B3OC(C)(C)C(C)(C)O3)c2)C1)C(=O)O. The van der Waals surface area contributed by atoms with Crippen molar-refractivity contribution in [2.45, 2.75) is 71.6 Å². The van der Waals surface area contributed by atoms with Crippen LogP contribution in [0.5, 0.6) is 0 Å². The van der Waals surface area contributed by atoms with E-state index < -0.39 is 11.6 Å². The molecule has 0 saturated carbocycles. The Morgan fingerprint density at radius 3 is 2.41 bits per heavy atom. The third-order valence-electron chi connectivity index (χ3n) is 6.53. The van der Waals surface area contributed by atoms with Gasteiger partial charge in [-0.3, -0.25) is 0 Å². The lowest BCUT2D eigenvalue weighted by molar-refractivity contribution is 0.00578. The Morgan fingerprint density at radius 2 is 1.86 bits per heavy atom. The molecule has 0 aliphatic carbocycles. The van der Waals surface area contributed by atoms with Gasteiger partial charge in [-0.2, -0.15) is 0 Å². The summed E-state index contributed by atoms with van der Waals surface area (Å²) < 4.78 is 12.4. The molecule has 0 radical (unpaired) electrons. The van der Waals surface area contributed by atoms with Crippen molar-refractivity contribution in [2.24, 2.45) is 5.92 Å². The van der Waals surface area contributed by atoms with Crippen LogP contribution in [0.4, 0.5) is 10.5 Å². The second-order valence-electron chi connectivity index (χ2n) is 10.3. The van der Waals surface area contributed by atoms with E-state index in [-0.39, 0.29) is 18.3 Å². The number of rotatable bonds is 4. The standard InChI is InChI=1S/C22H35BN2O4/c1-20(2,3)25(19(26)27)15-16-11-12-24(14-16)18-10-8-9-17(13-18)23-28-21(4,5)22(6,7)29-23/h8-10,13,16H,11-12,14-15H2,1-7H3,(H,26,27)/t16-/m1/s1. The van der Waals surface area contributed by atoms with Crippen molar-refractivity contribution < 1.29 is 19.2 Å². The molecule has 2 saturated heterocycles. The number of hydrogen-bond acceptors (Lipinski definition) is 4. The number of benzene rings is 1. The Balaban J connectivity index is 1.69. The predicted octanol–water partition coefficient (Wildman–Crippen LogP) is 3.59. The summed E-state index contributed by atoms with van der Waals surface area (Å²) in [6.07, 6.45) is 0.138. The van der Waals surface area contributed by atoms with Crippen molar-refractivity contribution in [3.05, 3.63) is 24.3 Å². The number of nitrogens with zero attached hydrogens (tertiary/aromatic N) is 2. The molecule has 160 valence electrons. The highest BCUT2D eigenvalue weighted by Gasteiger charge is 2.51. The highest BCUT2D eigenvalue weighted by molar-refractivity contribution is 6.62. The minimum absolute atomic E-state index is 0.325. The Hall–Kier alpha value is -1.73. The summed E-state index contributed by atoms with van der Waals surface area (Å²) in [5.74, 6) is 0.325. The van der Waals surface area contributed by atoms with Crippen LogP contribution in [0, 0.1) is 5.92 Å². The first-order chi connectivity index (χ1) is 13.3. The normalized spacial score (nSPS) is 23.5. The smallest absolute Gasteiger partial charge is 0.465 e. The zero-order valence-corrected chi connectivity index (χ0v) is 18.9. The van der Waals surface area contributed by atoms with Gasteiger partial charge >= 0.3 is 13.2 Å². The minimum Gasteiger partial charge on any atom is -0.465 e. The fraction of sp³-hybridized carbons (Fsp3) is 0.682. The number of carbonyl (C=O) groups is 1. The third kappa shape index (κ3) is 4.56. The molecule has 1 aromatic rings. The van der Waals surface area contributed by atoms with Gasteiger partial charge in [-0.15, -0.1) is 0 Å². The van der Waals surface area contributed by atoms with Crippen LogP contribution in [-0.2, 0) is 9.31 Å². The van der Waals surface area contributed by atoms with Gasteiger partial charge < -0.3 is 24.2 Å². The van der Waals surface area contributed by atoms with Gasteiger partial charge in [-0.25, -0.2) is 4.79 Å². The van der Waals surface area contributed by atoms with E-state index in [1.165, 1.54) is 0 Å². The maximum Gasteiger partial charge on any atom is 0.494 e. The molecule has 0 spiro atoms. The van der Waals surface area contributed by atoms with Crippen LogP contribution in [0.3, 0.4) is 0 Å². The van der Waals surface area contributed by atoms with E-state index in [2.05, 4.69) is 44.7 Å². The summed E-state index contributed by atoms with van der Waals surface area (Å²) >= 11 is 0. The minimum atomic E-state index is -0.848. The lowest BCUT2D eigenvalue weighted by atomic mass is 9.79. The molecule has 6 nitrogen and oxygen atoms in total. The highest BCUT2D eigenvalue weighted by Crippen LogP contribution is 2.36. The lowest BCUT2D eigenvalue weighted by Crippen LogP contribution is -2.47. The molecule has 1 atom stereocenters. The van der Waals surface area contributed by atoms with Crippen LogP contribution < -0.4 is 10.4 Å². The molecule has 0 bridgehead atoms. The van der Waals surface area contributed by atoms with Crippen LogP contribution in [0.15, 0.2) is 24.3 Å². The van der Waals surface area contributed by atoms with E-state index in [0.29, 0.717) is 12.5 Å². The lowest BCUT2D eigenvalue weighted by Gasteiger charge is -2.35. The number of carboxylic acid groups (broad SMARTS) is 1. The number of anilines is 1. The summed E-state index contributed by atoms with van der Waals surface area (Å²) in [4.78, 5) is 15.6. The van der Waals surface area contributed by atoms with Gasteiger partial charge in [-0.05, 0) is 78.4 Å². The highest BCUT2D eigenvalue weighted by atomic mass is 16.7. The zero-order chi connectivity index (χ0) is 21.6. The van der Waals surface area contributed by atoms with Crippen molar-refractivity contribution in [1.29, 1.82) is 0 Å². The van der Waals surface area contributed by atoms with E-state index in [4.69, 9.17) is 9.31 Å². The predicted molar refractivity (Wildman–Crippen MR) is 117 cm³/mol. The van der Waals surface area contributed by atoms with Gasteiger partial charge in [-0.1, -0.05) is 12.1 Å². The second-order valence-corrected chi connectivity index (χ2v) is 10.3. The van der Waals surface area contributed by atoms with Gasteiger partial charge in [0.15, 0.2) is 0 Å². The molecule has 0 aromatic heterocycles. The first-order valence-corrected chi connectivity index (χ1v) is 10.5. The number of amides is 1. The molecule has 2 aliphatic heterocycles. The average molecular weight is 402 g/mol. The Kier molecular flexibility index (Phi) is 5.69. The van der Waals surface area contributed by atoms with Gasteiger partial charge in [0, 0.05) is 30.9 Å². The fourth-order valence-electron chi connectivity index (χ4n) is 3.96. The molecule has 1 aromatic carbocycles. The summed E-state index contributed by atoms with van der Waals surface area (Å²) in [5, 5.41) is 9.58. The maximum absolute atomic E-state index is 11.7. The molecular formula is C22H35BN2O4. The fourth-order valence-corrected chi connectivity index (χ4v) is 3.96. The van der Waals surface area contributed by atoms with Gasteiger partial charge in [0.2, 0.25) is 0 Å². The summed E-state index contributed by atoms with van der Waals surface area (Å²) in [7, 11) is -0.373. The first-order valence-electron chi connectivity index (χ1n) is 10.5. The Morgan fingerprint density at radius 1 is 1.24 bits per heavy atom. The van der Waals surface area contributed by atoms with Gasteiger partial charge in [0.25, 0.3) is 0 Å². The molecule has 1 N–H and O–H groups in total. The monoisotopic (exact) mass is 402 g/mol. The van der Waals surface area contributed by atoms with Crippen molar-refractivity contribution in [3.8, 4) is 0 Å². The molecule has 2 aliphatic rings. The Labute approximate surface area is 175 Å². The quantitative estimate of drug-likeness (QED) is 0.780. The summed E-state index contributed by atoms with van der Waals surface area (Å²) in [6, 6.07) is 8.34. The van der Waals surface area contributed by atoms with Gasteiger partial charge in [0.05, 0.1) is 11.2 Å². The van der Waals surface area contributed by atoms with Crippen LogP contribution in [0.1, 0.15) is 54.9 Å².